The maximum Gasteiger partial charge on any atom is -0.00923 e. The van der Waals surface area contributed by atoms with E-state index in [0.29, 0.717) is 5.41 Å². The summed E-state index contributed by atoms with van der Waals surface area (Å²) < 4.78 is 0. The summed E-state index contributed by atoms with van der Waals surface area (Å²) >= 11 is 0. The lowest BCUT2D eigenvalue weighted by molar-refractivity contribution is 0.377. The van der Waals surface area contributed by atoms with Crippen LogP contribution in [0, 0.1) is 17.8 Å². The molecule has 0 atom stereocenters. The number of allylic oxidation sites excluding steroid dienone is 6. The summed E-state index contributed by atoms with van der Waals surface area (Å²) in [4.78, 5) is 0. The molecule has 0 saturated carbocycles. The van der Waals surface area contributed by atoms with Crippen LogP contribution in [-0.4, -0.2) is 0 Å². The Morgan fingerprint density at radius 1 is 1.44 bits per heavy atom. The number of hydrogen-bond acceptors (Lipinski definition) is 0. The zero-order chi connectivity index (χ0) is 12.2. The smallest absolute Gasteiger partial charge is 0.00923 e. The normalized spacial score (nSPS) is 21.3. The second-order valence-electron chi connectivity index (χ2n) is 5.32. The fraction of sp³-hybridized carbons (Fsp3) is 0.500. The summed E-state index contributed by atoms with van der Waals surface area (Å²) in [6, 6.07) is 0. The molecular formula is C16H22. The topological polar surface area (TPSA) is 0 Å². The van der Waals surface area contributed by atoms with Gasteiger partial charge in [0.25, 0.3) is 0 Å². The molecule has 0 heterocycles. The number of rotatable bonds is 2. The minimum Gasteiger partial charge on any atom is -0.115 e. The molecule has 0 amide bonds. The van der Waals surface area contributed by atoms with E-state index in [4.69, 9.17) is 6.42 Å². The first-order valence-electron chi connectivity index (χ1n) is 5.98. The standard InChI is InChI=1S/C16H22/c1-6-8-13(2)10-11-15-14(3)9-7-12-16(15,4)5/h1,8,10-11H,7,9,12H2,2-5H3/b11-10+,13-8+. The summed E-state index contributed by atoms with van der Waals surface area (Å²) in [6.45, 7) is 8.95. The molecule has 0 radical (unpaired) electrons. The summed E-state index contributed by atoms with van der Waals surface area (Å²) in [5.41, 5.74) is 4.48. The first-order valence-corrected chi connectivity index (χ1v) is 5.98. The first kappa shape index (κ1) is 12.8. The van der Waals surface area contributed by atoms with E-state index in [1.54, 1.807) is 0 Å². The van der Waals surface area contributed by atoms with Crippen LogP contribution >= 0.6 is 0 Å². The van der Waals surface area contributed by atoms with Crippen molar-refractivity contribution in [1.82, 2.24) is 0 Å². The first-order chi connectivity index (χ1) is 7.47. The van der Waals surface area contributed by atoms with Gasteiger partial charge in [0.05, 0.1) is 0 Å². The molecule has 0 heteroatoms. The van der Waals surface area contributed by atoms with E-state index < -0.39 is 0 Å². The van der Waals surface area contributed by atoms with Crippen molar-refractivity contribution < 1.29 is 0 Å². The molecule has 0 fully saturated rings. The average Bonchev–Trinajstić information content (AvgIpc) is 2.16. The zero-order valence-electron chi connectivity index (χ0n) is 10.9. The van der Waals surface area contributed by atoms with Gasteiger partial charge >= 0.3 is 0 Å². The maximum atomic E-state index is 5.25. The third kappa shape index (κ3) is 3.14. The molecule has 0 saturated heterocycles. The van der Waals surface area contributed by atoms with Crippen LogP contribution < -0.4 is 0 Å². The minimum atomic E-state index is 0.315. The molecule has 1 aliphatic rings. The third-order valence-corrected chi connectivity index (χ3v) is 3.37. The molecule has 16 heavy (non-hydrogen) atoms. The molecule has 0 aliphatic heterocycles. The zero-order valence-corrected chi connectivity index (χ0v) is 10.9. The molecule has 86 valence electrons. The summed E-state index contributed by atoms with van der Waals surface area (Å²) in [7, 11) is 0. The van der Waals surface area contributed by atoms with Crippen molar-refractivity contribution >= 4 is 0 Å². The van der Waals surface area contributed by atoms with Crippen LogP contribution in [0.2, 0.25) is 0 Å². The van der Waals surface area contributed by atoms with Gasteiger partial charge in [-0.05, 0) is 55.7 Å². The monoisotopic (exact) mass is 214 g/mol. The predicted octanol–water partition coefficient (Wildman–Crippen LogP) is 4.65. The van der Waals surface area contributed by atoms with E-state index in [2.05, 4.69) is 38.8 Å². The van der Waals surface area contributed by atoms with Crippen LogP contribution in [0.1, 0.15) is 47.0 Å². The molecule has 0 nitrogen and oxygen atoms in total. The molecule has 0 unspecified atom stereocenters. The lowest BCUT2D eigenvalue weighted by atomic mass is 9.72. The molecule has 0 bridgehead atoms. The van der Waals surface area contributed by atoms with Crippen molar-refractivity contribution in [1.29, 1.82) is 0 Å². The highest BCUT2D eigenvalue weighted by atomic mass is 14.3. The van der Waals surface area contributed by atoms with Gasteiger partial charge in [-0.25, -0.2) is 0 Å². The highest BCUT2D eigenvalue weighted by molar-refractivity contribution is 5.37. The Hall–Kier alpha value is -1.22. The van der Waals surface area contributed by atoms with Crippen molar-refractivity contribution in [3.8, 4) is 12.3 Å². The Kier molecular flexibility index (Phi) is 4.19. The van der Waals surface area contributed by atoms with Gasteiger partial charge in [-0.2, -0.15) is 0 Å². The molecule has 0 N–H and O–H groups in total. The van der Waals surface area contributed by atoms with E-state index in [-0.39, 0.29) is 0 Å². The van der Waals surface area contributed by atoms with E-state index in [0.717, 1.165) is 5.57 Å². The van der Waals surface area contributed by atoms with Gasteiger partial charge < -0.3 is 0 Å². The highest BCUT2D eigenvalue weighted by Gasteiger charge is 2.26. The van der Waals surface area contributed by atoms with E-state index in [1.165, 1.54) is 30.4 Å². The SMILES string of the molecule is C#C/C=C(C)/C=C/C1=C(C)CCCC1(C)C. The van der Waals surface area contributed by atoms with Crippen molar-refractivity contribution in [2.75, 3.05) is 0 Å². The molecule has 0 spiro atoms. The van der Waals surface area contributed by atoms with E-state index in [1.807, 2.05) is 13.0 Å². The van der Waals surface area contributed by atoms with Crippen LogP contribution in [0.5, 0.6) is 0 Å². The Bertz CT molecular complexity index is 381. The summed E-state index contributed by atoms with van der Waals surface area (Å²) in [5, 5.41) is 0. The predicted molar refractivity (Wildman–Crippen MR) is 72.1 cm³/mol. The Morgan fingerprint density at radius 3 is 2.69 bits per heavy atom. The Balaban J connectivity index is 2.95. The van der Waals surface area contributed by atoms with Crippen molar-refractivity contribution in [3.05, 3.63) is 34.9 Å². The van der Waals surface area contributed by atoms with Gasteiger partial charge in [-0.15, -0.1) is 6.42 Å². The van der Waals surface area contributed by atoms with Crippen LogP contribution in [-0.2, 0) is 0 Å². The molecule has 0 aromatic carbocycles. The maximum absolute atomic E-state index is 5.25. The third-order valence-electron chi connectivity index (χ3n) is 3.37. The Morgan fingerprint density at radius 2 is 2.12 bits per heavy atom. The van der Waals surface area contributed by atoms with Gasteiger partial charge in [0.15, 0.2) is 0 Å². The van der Waals surface area contributed by atoms with Crippen LogP contribution in [0.25, 0.3) is 0 Å². The minimum absolute atomic E-state index is 0.315. The fourth-order valence-electron chi connectivity index (χ4n) is 2.40. The average molecular weight is 214 g/mol. The van der Waals surface area contributed by atoms with Gasteiger partial charge in [0, 0.05) is 0 Å². The number of hydrogen-bond donors (Lipinski definition) is 0. The van der Waals surface area contributed by atoms with Crippen LogP contribution in [0.15, 0.2) is 34.9 Å². The van der Waals surface area contributed by atoms with E-state index in [9.17, 15) is 0 Å². The van der Waals surface area contributed by atoms with Gasteiger partial charge in [-0.1, -0.05) is 37.5 Å². The molecular weight excluding hydrogens is 192 g/mol. The molecule has 0 aromatic rings. The van der Waals surface area contributed by atoms with Gasteiger partial charge in [0.2, 0.25) is 0 Å². The quantitative estimate of drug-likeness (QED) is 0.463. The molecule has 0 aromatic heterocycles. The van der Waals surface area contributed by atoms with Gasteiger partial charge in [0.1, 0.15) is 0 Å². The van der Waals surface area contributed by atoms with Crippen molar-refractivity contribution in [3.63, 3.8) is 0 Å². The number of terminal acetylenes is 1. The fourth-order valence-corrected chi connectivity index (χ4v) is 2.40. The van der Waals surface area contributed by atoms with Crippen LogP contribution in [0.3, 0.4) is 0 Å². The second-order valence-corrected chi connectivity index (χ2v) is 5.32. The van der Waals surface area contributed by atoms with E-state index >= 15 is 0 Å². The van der Waals surface area contributed by atoms with Crippen molar-refractivity contribution in [2.45, 2.75) is 47.0 Å². The molecule has 1 rings (SSSR count). The lowest BCUT2D eigenvalue weighted by Crippen LogP contribution is -2.19. The second kappa shape index (κ2) is 5.21. The van der Waals surface area contributed by atoms with Crippen LogP contribution in [0.4, 0.5) is 0 Å². The summed E-state index contributed by atoms with van der Waals surface area (Å²) in [6.07, 6.45) is 15.3. The summed E-state index contributed by atoms with van der Waals surface area (Å²) in [5.74, 6) is 2.56. The molecule has 1 aliphatic carbocycles. The lowest BCUT2D eigenvalue weighted by Gasteiger charge is -2.32. The highest BCUT2D eigenvalue weighted by Crippen LogP contribution is 2.40. The Labute approximate surface area is 100 Å². The van der Waals surface area contributed by atoms with Crippen molar-refractivity contribution in [2.24, 2.45) is 5.41 Å². The largest absolute Gasteiger partial charge is 0.115 e. The van der Waals surface area contributed by atoms with Gasteiger partial charge in [-0.3, -0.25) is 0 Å².